The number of rotatable bonds is 7. The number of nitrogens with zero attached hydrogens (tertiary/aromatic N) is 2. The average Bonchev–Trinajstić information content (AvgIpc) is 3.07. The van der Waals surface area contributed by atoms with E-state index in [1.54, 1.807) is 6.92 Å². The normalized spacial score (nSPS) is 11.9. The second kappa shape index (κ2) is 8.70. The number of carbonyl (C=O) groups is 2. The number of hydrogen-bond acceptors (Lipinski definition) is 5. The van der Waals surface area contributed by atoms with E-state index in [2.05, 4.69) is 25.8 Å². The molecule has 11 heteroatoms. The third kappa shape index (κ3) is 4.97. The van der Waals surface area contributed by atoms with Crippen LogP contribution in [0, 0.1) is 17.5 Å². The molecule has 0 spiro atoms. The second-order valence-electron chi connectivity index (χ2n) is 5.17. The first-order valence-corrected chi connectivity index (χ1v) is 8.48. The Balaban J connectivity index is 1.84. The Morgan fingerprint density at radius 3 is 2.65 bits per heavy atom. The van der Waals surface area contributed by atoms with Crippen LogP contribution in [0.4, 0.5) is 18.9 Å². The van der Waals surface area contributed by atoms with Crippen molar-refractivity contribution >= 4 is 29.3 Å². The van der Waals surface area contributed by atoms with E-state index in [-0.39, 0.29) is 0 Å². The van der Waals surface area contributed by atoms with Crippen molar-refractivity contribution < 1.29 is 22.8 Å². The number of nitrogens with one attached hydrogen (secondary N) is 3. The lowest BCUT2D eigenvalue weighted by atomic mass is 10.2. The maximum absolute atomic E-state index is 13.5. The number of aromatic nitrogens is 3. The molecule has 3 N–H and O–H groups in total. The predicted octanol–water partition coefficient (Wildman–Crippen LogP) is 2.02. The molecule has 1 heterocycles. The lowest BCUT2D eigenvalue weighted by molar-refractivity contribution is -0.123. The van der Waals surface area contributed by atoms with E-state index in [1.807, 2.05) is 6.92 Å². The summed E-state index contributed by atoms with van der Waals surface area (Å²) >= 11 is 1.10. The molecule has 0 radical (unpaired) electrons. The zero-order valence-corrected chi connectivity index (χ0v) is 14.7. The van der Waals surface area contributed by atoms with Crippen molar-refractivity contribution in [3.05, 3.63) is 35.4 Å². The van der Waals surface area contributed by atoms with Gasteiger partial charge in [0.25, 0.3) is 0 Å². The van der Waals surface area contributed by atoms with E-state index in [0.717, 1.165) is 17.8 Å². The Hall–Kier alpha value is -2.56. The molecule has 140 valence electrons. The Labute approximate surface area is 151 Å². The Morgan fingerprint density at radius 1 is 1.27 bits per heavy atom. The molecule has 26 heavy (non-hydrogen) atoms. The number of H-pyrrole nitrogens is 1. The minimum Gasteiger partial charge on any atom is -0.346 e. The zero-order valence-electron chi connectivity index (χ0n) is 13.9. The van der Waals surface area contributed by atoms with Gasteiger partial charge in [0.15, 0.2) is 17.5 Å². The van der Waals surface area contributed by atoms with E-state index in [9.17, 15) is 22.8 Å². The highest BCUT2D eigenvalue weighted by atomic mass is 32.2. The minimum absolute atomic E-state index is 0.401. The maximum atomic E-state index is 13.5. The van der Waals surface area contributed by atoms with Crippen molar-refractivity contribution in [1.82, 2.24) is 20.5 Å². The molecule has 1 unspecified atom stereocenters. The van der Waals surface area contributed by atoms with Gasteiger partial charge in [0.05, 0.1) is 17.5 Å². The van der Waals surface area contributed by atoms with Gasteiger partial charge in [-0.2, -0.15) is 0 Å². The van der Waals surface area contributed by atoms with Crippen LogP contribution >= 0.6 is 11.8 Å². The molecular formula is C15H16F3N5O2S. The van der Waals surface area contributed by atoms with Crippen LogP contribution in [-0.4, -0.2) is 38.8 Å². The number of benzene rings is 1. The smallest absolute Gasteiger partial charge is 0.243 e. The molecule has 2 rings (SSSR count). The van der Waals surface area contributed by atoms with Gasteiger partial charge in [0.2, 0.25) is 17.0 Å². The van der Waals surface area contributed by atoms with Gasteiger partial charge in [0, 0.05) is 6.42 Å². The van der Waals surface area contributed by atoms with Gasteiger partial charge >= 0.3 is 0 Å². The molecule has 0 bridgehead atoms. The molecule has 0 saturated heterocycles. The van der Waals surface area contributed by atoms with E-state index in [4.69, 9.17) is 0 Å². The lowest BCUT2D eigenvalue weighted by Gasteiger charge is -2.11. The number of halogens is 3. The Morgan fingerprint density at radius 2 is 2.00 bits per heavy atom. The molecule has 1 atom stereocenters. The number of anilines is 1. The summed E-state index contributed by atoms with van der Waals surface area (Å²) in [5, 5.41) is 10.9. The number of aromatic amines is 1. The van der Waals surface area contributed by atoms with Crippen molar-refractivity contribution in [3.8, 4) is 0 Å². The Kier molecular flexibility index (Phi) is 6.61. The number of hydrogen-bond donors (Lipinski definition) is 3. The first-order chi connectivity index (χ1) is 12.3. The van der Waals surface area contributed by atoms with Gasteiger partial charge < -0.3 is 10.6 Å². The first-order valence-electron chi connectivity index (χ1n) is 7.60. The molecule has 0 saturated carbocycles. The summed E-state index contributed by atoms with van der Waals surface area (Å²) in [6, 6.07) is 1.58. The van der Waals surface area contributed by atoms with Crippen LogP contribution in [0.5, 0.6) is 0 Å². The van der Waals surface area contributed by atoms with Gasteiger partial charge in [-0.3, -0.25) is 14.7 Å². The van der Waals surface area contributed by atoms with E-state index >= 15 is 0 Å². The van der Waals surface area contributed by atoms with Crippen LogP contribution in [0.1, 0.15) is 19.7 Å². The fourth-order valence-corrected chi connectivity index (χ4v) is 2.60. The largest absolute Gasteiger partial charge is 0.346 e. The fourth-order valence-electron chi connectivity index (χ4n) is 1.83. The zero-order chi connectivity index (χ0) is 19.3. The summed E-state index contributed by atoms with van der Waals surface area (Å²) in [7, 11) is 0. The summed E-state index contributed by atoms with van der Waals surface area (Å²) in [6.07, 6.45) is 0.675. The van der Waals surface area contributed by atoms with Crippen molar-refractivity contribution in [3.63, 3.8) is 0 Å². The topological polar surface area (TPSA) is 99.8 Å². The quantitative estimate of drug-likeness (QED) is 0.499. The van der Waals surface area contributed by atoms with Crippen LogP contribution in [0.2, 0.25) is 0 Å². The van der Waals surface area contributed by atoms with Crippen molar-refractivity contribution in [2.75, 3.05) is 11.9 Å². The summed E-state index contributed by atoms with van der Waals surface area (Å²) < 4.78 is 39.4. The SMILES string of the molecule is CCc1nc(SC(C)C(=O)NCC(=O)Nc2ccc(F)c(F)c2F)n[nH]1. The summed E-state index contributed by atoms with van der Waals surface area (Å²) in [4.78, 5) is 27.9. The molecule has 1 aromatic carbocycles. The Bertz CT molecular complexity index is 815. The van der Waals surface area contributed by atoms with E-state index in [0.29, 0.717) is 23.5 Å². The minimum atomic E-state index is -1.69. The standard InChI is InChI=1S/C15H16F3N5O2S/c1-3-10-21-15(23-22-10)26-7(2)14(25)19-6-11(24)20-9-5-4-8(16)12(17)13(9)18/h4-5,7H,3,6H2,1-2H3,(H,19,25)(H,20,24)(H,21,22,23). The molecular weight excluding hydrogens is 371 g/mol. The van der Waals surface area contributed by atoms with Crippen molar-refractivity contribution in [2.24, 2.45) is 0 Å². The second-order valence-corrected chi connectivity index (χ2v) is 6.48. The number of carbonyl (C=O) groups excluding carboxylic acids is 2. The van der Waals surface area contributed by atoms with Crippen LogP contribution in [0.15, 0.2) is 17.3 Å². The van der Waals surface area contributed by atoms with Crippen LogP contribution in [0.3, 0.4) is 0 Å². The van der Waals surface area contributed by atoms with Gasteiger partial charge in [-0.05, 0) is 19.1 Å². The van der Waals surface area contributed by atoms with Crippen molar-refractivity contribution in [1.29, 1.82) is 0 Å². The van der Waals surface area contributed by atoms with Crippen LogP contribution in [0.25, 0.3) is 0 Å². The number of aryl methyl sites for hydroxylation is 1. The summed E-state index contributed by atoms with van der Waals surface area (Å²) in [6.45, 7) is 3.05. The van der Waals surface area contributed by atoms with Gasteiger partial charge in [-0.15, -0.1) is 5.10 Å². The van der Waals surface area contributed by atoms with E-state index < -0.39 is 46.7 Å². The molecule has 1 aromatic heterocycles. The highest BCUT2D eigenvalue weighted by Gasteiger charge is 2.19. The number of thioether (sulfide) groups is 1. The third-order valence-electron chi connectivity index (χ3n) is 3.23. The van der Waals surface area contributed by atoms with Gasteiger partial charge in [-0.25, -0.2) is 18.2 Å². The van der Waals surface area contributed by atoms with Crippen LogP contribution in [-0.2, 0) is 16.0 Å². The highest BCUT2D eigenvalue weighted by Crippen LogP contribution is 2.20. The summed E-state index contributed by atoms with van der Waals surface area (Å²) in [5.74, 6) is -5.11. The van der Waals surface area contributed by atoms with Crippen LogP contribution < -0.4 is 10.6 Å². The molecule has 0 aliphatic carbocycles. The fraction of sp³-hybridized carbons (Fsp3) is 0.333. The monoisotopic (exact) mass is 387 g/mol. The maximum Gasteiger partial charge on any atom is 0.243 e. The molecule has 7 nitrogen and oxygen atoms in total. The highest BCUT2D eigenvalue weighted by molar-refractivity contribution is 8.00. The molecule has 2 amide bonds. The lowest BCUT2D eigenvalue weighted by Crippen LogP contribution is -2.37. The van der Waals surface area contributed by atoms with Crippen molar-refractivity contribution in [2.45, 2.75) is 30.7 Å². The predicted molar refractivity (Wildman–Crippen MR) is 89.0 cm³/mol. The summed E-state index contributed by atoms with van der Waals surface area (Å²) in [5.41, 5.74) is -0.515. The molecule has 0 aliphatic rings. The third-order valence-corrected chi connectivity index (χ3v) is 4.19. The van der Waals surface area contributed by atoms with E-state index in [1.165, 1.54) is 0 Å². The van der Waals surface area contributed by atoms with Gasteiger partial charge in [-0.1, -0.05) is 18.7 Å². The molecule has 0 aliphatic heterocycles. The first kappa shape index (κ1) is 19.8. The molecule has 2 aromatic rings. The van der Waals surface area contributed by atoms with Gasteiger partial charge in [0.1, 0.15) is 5.82 Å². The average molecular weight is 387 g/mol. The number of amides is 2. The molecule has 0 fully saturated rings.